The van der Waals surface area contributed by atoms with E-state index in [-0.39, 0.29) is 33.5 Å². The predicted molar refractivity (Wildman–Crippen MR) is 142 cm³/mol. The van der Waals surface area contributed by atoms with Crippen molar-refractivity contribution in [1.82, 2.24) is 0 Å². The minimum atomic E-state index is 0.0153. The fraction of sp³-hybridized carbons (Fsp3) is 0.903. The van der Waals surface area contributed by atoms with E-state index in [2.05, 4.69) is 54.5 Å². The van der Waals surface area contributed by atoms with Gasteiger partial charge in [-0.15, -0.1) is 0 Å². The Morgan fingerprint density at radius 2 is 1.66 bits per heavy atom. The van der Waals surface area contributed by atoms with Gasteiger partial charge in [0.05, 0.1) is 13.0 Å². The highest BCUT2D eigenvalue weighted by molar-refractivity contribution is 7.24. The van der Waals surface area contributed by atoms with E-state index in [1.165, 1.54) is 38.5 Å². The van der Waals surface area contributed by atoms with Crippen LogP contribution >= 0.6 is 8.46 Å². The Morgan fingerprint density at radius 1 is 0.943 bits per heavy atom. The topological polar surface area (TPSA) is 43.4 Å². The van der Waals surface area contributed by atoms with Crippen LogP contribution in [0.2, 0.25) is 0 Å². The maximum atomic E-state index is 12.9. The molecule has 0 saturated heterocycles. The van der Waals surface area contributed by atoms with E-state index in [0.717, 1.165) is 19.3 Å². The van der Waals surface area contributed by atoms with Crippen molar-refractivity contribution in [3.8, 4) is 0 Å². The maximum Gasteiger partial charge on any atom is 0.308 e. The van der Waals surface area contributed by atoms with Gasteiger partial charge in [0, 0.05) is 5.66 Å². The summed E-state index contributed by atoms with van der Waals surface area (Å²) in [5, 5.41) is 0. The smallest absolute Gasteiger partial charge is 0.308 e. The predicted octanol–water partition coefficient (Wildman–Crippen LogP) is 8.48. The summed E-state index contributed by atoms with van der Waals surface area (Å²) < 4.78 is 17.4. The number of ether oxygens (including phenoxy) is 1. The molecular weight excluding hydrogens is 451 g/mol. The fourth-order valence-corrected chi connectivity index (χ4v) is 11.9. The number of allylic oxidation sites excluding steroid dienone is 2. The highest BCUT2D eigenvalue weighted by Gasteiger charge is 2.67. The van der Waals surface area contributed by atoms with Gasteiger partial charge in [-0.3, -0.25) is 9.36 Å². The lowest BCUT2D eigenvalue weighted by Crippen LogP contribution is -2.63. The van der Waals surface area contributed by atoms with E-state index in [1.807, 2.05) is 0 Å². The minimum absolute atomic E-state index is 0.0153. The third-order valence-corrected chi connectivity index (χ3v) is 14.3. The molecule has 0 heterocycles. The lowest BCUT2D eigenvalue weighted by atomic mass is 9.34. The van der Waals surface area contributed by atoms with Gasteiger partial charge >= 0.3 is 5.97 Å². The fourth-order valence-electron chi connectivity index (χ4n) is 11.2. The molecule has 9 atom stereocenters. The van der Waals surface area contributed by atoms with Crippen LogP contribution in [0, 0.1) is 56.7 Å². The molecule has 5 rings (SSSR count). The van der Waals surface area contributed by atoms with Gasteiger partial charge in [-0.25, -0.2) is 0 Å². The van der Waals surface area contributed by atoms with Crippen LogP contribution in [0.4, 0.5) is 0 Å². The summed E-state index contributed by atoms with van der Waals surface area (Å²) in [4.78, 5) is 12.9. The average molecular weight is 501 g/mol. The molecular formula is C31H49O3P. The summed E-state index contributed by atoms with van der Waals surface area (Å²) in [5.41, 5.74) is 3.08. The molecule has 4 unspecified atom stereocenters. The van der Waals surface area contributed by atoms with Crippen LogP contribution in [0.3, 0.4) is 0 Å². The van der Waals surface area contributed by atoms with Crippen molar-refractivity contribution in [2.45, 2.75) is 112 Å². The summed E-state index contributed by atoms with van der Waals surface area (Å²) in [5.74, 6) is 2.32. The van der Waals surface area contributed by atoms with E-state index in [0.29, 0.717) is 43.2 Å². The van der Waals surface area contributed by atoms with Crippen molar-refractivity contribution in [2.24, 2.45) is 56.7 Å². The van der Waals surface area contributed by atoms with Gasteiger partial charge in [-0.2, -0.15) is 0 Å². The van der Waals surface area contributed by atoms with Crippen LogP contribution in [0.1, 0.15) is 106 Å². The second kappa shape index (κ2) is 8.15. The van der Waals surface area contributed by atoms with E-state index >= 15 is 0 Å². The highest BCUT2D eigenvalue weighted by atomic mass is 31.1. The third kappa shape index (κ3) is 3.45. The molecule has 5 aliphatic carbocycles. The summed E-state index contributed by atoms with van der Waals surface area (Å²) >= 11 is 0. The molecule has 4 heteroatoms. The van der Waals surface area contributed by atoms with Crippen molar-refractivity contribution in [3.05, 3.63) is 11.6 Å². The summed E-state index contributed by atoms with van der Waals surface area (Å²) in [6, 6.07) is 0. The molecule has 0 aromatic rings. The van der Waals surface area contributed by atoms with Crippen molar-refractivity contribution >= 4 is 14.4 Å². The number of carbonyl (C=O) groups excluding carboxylic acids is 1. The van der Waals surface area contributed by atoms with Crippen molar-refractivity contribution in [1.29, 1.82) is 0 Å². The van der Waals surface area contributed by atoms with Crippen LogP contribution < -0.4 is 0 Å². The average Bonchev–Trinajstić information content (AvgIpc) is 2.77. The molecule has 0 bridgehead atoms. The quantitative estimate of drug-likeness (QED) is 0.217. The second-order valence-electron chi connectivity index (χ2n) is 15.3. The van der Waals surface area contributed by atoms with Crippen molar-refractivity contribution in [3.63, 3.8) is 0 Å². The number of esters is 1. The number of carbonyl (C=O) groups is 1. The first-order valence-electron chi connectivity index (χ1n) is 14.4. The van der Waals surface area contributed by atoms with E-state index in [4.69, 9.17) is 4.74 Å². The summed E-state index contributed by atoms with van der Waals surface area (Å²) in [6.07, 6.45) is 13.2. The van der Waals surface area contributed by atoms with Gasteiger partial charge in [-0.1, -0.05) is 60.1 Å². The van der Waals surface area contributed by atoms with Gasteiger partial charge in [0.25, 0.3) is 0 Å². The van der Waals surface area contributed by atoms with Crippen molar-refractivity contribution in [2.75, 3.05) is 7.11 Å². The van der Waals surface area contributed by atoms with Gasteiger partial charge < -0.3 is 4.74 Å². The van der Waals surface area contributed by atoms with E-state index in [1.54, 1.807) is 12.7 Å². The van der Waals surface area contributed by atoms with Crippen LogP contribution in [-0.4, -0.2) is 18.7 Å². The molecule has 0 aromatic carbocycles. The third-order valence-electron chi connectivity index (χ3n) is 13.1. The molecule has 196 valence electrons. The standard InChI is InChI=1S/C31H49O3P/c1-27(2)17-20-19(21(18-27)26(32)34-8)11-15-30(6)22(20)9-10-24-29(5)14-13-25(35-33)28(3,4)23(29)12-16-31(24,30)7/h9,19-21,23-25H,10-18H2,1-8H3/t19?,20?,21-,23?,24?,25+,29+,30-,31-/m1/s1. The summed E-state index contributed by atoms with van der Waals surface area (Å²) in [6.45, 7) is 17.4. The first kappa shape index (κ1) is 25.9. The Bertz CT molecular complexity index is 936. The Balaban J connectivity index is 1.55. The molecule has 0 spiro atoms. The molecule has 0 radical (unpaired) electrons. The number of rotatable bonds is 2. The summed E-state index contributed by atoms with van der Waals surface area (Å²) in [7, 11) is 1.92. The van der Waals surface area contributed by atoms with E-state index in [9.17, 15) is 9.36 Å². The molecule has 3 nitrogen and oxygen atoms in total. The SMILES string of the molecule is COC(=O)[C@@H]1CC(C)(C)CC2C3=CCC4[C@@]5(C)CC[C@H](P=O)C(C)(C)C5CC[C@@]4(C)[C@]3(C)CCC21. The Hall–Kier alpha value is -0.690. The number of methoxy groups -OCH3 is 1. The molecule has 5 aliphatic rings. The molecule has 4 saturated carbocycles. The second-order valence-corrected chi connectivity index (χ2v) is 16.1. The largest absolute Gasteiger partial charge is 0.469 e. The first-order chi connectivity index (χ1) is 16.2. The zero-order valence-corrected chi connectivity index (χ0v) is 24.5. The zero-order chi connectivity index (χ0) is 25.6. The van der Waals surface area contributed by atoms with Crippen LogP contribution in [0.25, 0.3) is 0 Å². The monoisotopic (exact) mass is 500 g/mol. The number of hydrogen-bond donors (Lipinski definition) is 0. The Kier molecular flexibility index (Phi) is 6.04. The minimum Gasteiger partial charge on any atom is -0.469 e. The van der Waals surface area contributed by atoms with Gasteiger partial charge in [0.15, 0.2) is 8.46 Å². The van der Waals surface area contributed by atoms with Gasteiger partial charge in [0.1, 0.15) is 0 Å². The lowest BCUT2D eigenvalue weighted by molar-refractivity contribution is -0.178. The maximum absolute atomic E-state index is 12.9. The van der Waals surface area contributed by atoms with Gasteiger partial charge in [-0.05, 0) is 109 Å². The number of fused-ring (bicyclic) bond motifs is 7. The molecule has 0 amide bonds. The zero-order valence-electron chi connectivity index (χ0n) is 23.6. The molecule has 35 heavy (non-hydrogen) atoms. The normalized spacial score (nSPS) is 50.1. The first-order valence-corrected chi connectivity index (χ1v) is 15.2. The molecule has 0 aliphatic heterocycles. The molecule has 0 aromatic heterocycles. The Labute approximate surface area is 215 Å². The van der Waals surface area contributed by atoms with Crippen LogP contribution in [0.15, 0.2) is 11.6 Å². The van der Waals surface area contributed by atoms with Crippen LogP contribution in [0.5, 0.6) is 0 Å². The molecule has 0 N–H and O–H groups in total. The highest BCUT2D eigenvalue weighted by Crippen LogP contribution is 2.75. The lowest BCUT2D eigenvalue weighted by Gasteiger charge is -2.70. The van der Waals surface area contributed by atoms with Crippen molar-refractivity contribution < 1.29 is 14.1 Å². The van der Waals surface area contributed by atoms with Crippen LogP contribution in [-0.2, 0) is 14.1 Å². The Morgan fingerprint density at radius 3 is 2.31 bits per heavy atom. The van der Waals surface area contributed by atoms with Gasteiger partial charge in [0.2, 0.25) is 0 Å². The molecule has 4 fully saturated rings. The van der Waals surface area contributed by atoms with E-state index < -0.39 is 0 Å². The number of hydrogen-bond acceptors (Lipinski definition) is 3.